The predicted octanol–water partition coefficient (Wildman–Crippen LogP) is 2.38. The maximum absolute atomic E-state index is 12.0. The van der Waals surface area contributed by atoms with Gasteiger partial charge in [-0.05, 0) is 24.1 Å². The molecule has 17 heavy (non-hydrogen) atoms. The van der Waals surface area contributed by atoms with Crippen molar-refractivity contribution in [3.05, 3.63) is 34.9 Å². The number of hydrogen-bond acceptors (Lipinski definition) is 3. The minimum atomic E-state index is -3.22. The summed E-state index contributed by atoms with van der Waals surface area (Å²) in [5.74, 6) is 0.0388. The third-order valence-electron chi connectivity index (χ3n) is 2.99. The van der Waals surface area contributed by atoms with Crippen molar-refractivity contribution in [3.63, 3.8) is 0 Å². The largest absolute Gasteiger partial charge is 0.300 e. The molecule has 3 nitrogen and oxygen atoms in total. The van der Waals surface area contributed by atoms with Crippen LogP contribution in [-0.4, -0.2) is 19.5 Å². The molecule has 0 radical (unpaired) electrons. The third kappa shape index (κ3) is 3.07. The van der Waals surface area contributed by atoms with Crippen LogP contribution >= 0.6 is 11.6 Å². The summed E-state index contributed by atoms with van der Waals surface area (Å²) in [6, 6.07) is 6.76. The van der Waals surface area contributed by atoms with Crippen molar-refractivity contribution < 1.29 is 13.2 Å². The Labute approximate surface area is 106 Å². The van der Waals surface area contributed by atoms with Crippen LogP contribution in [0.25, 0.3) is 0 Å². The van der Waals surface area contributed by atoms with Crippen LogP contribution in [0, 0.1) is 0 Å². The number of carbonyl (C=O) groups excluding carboxylic acids is 1. The monoisotopic (exact) mass is 272 g/mol. The van der Waals surface area contributed by atoms with Gasteiger partial charge in [-0.3, -0.25) is 4.79 Å². The number of rotatable bonds is 3. The average molecular weight is 273 g/mol. The number of ketones is 1. The molecule has 0 aromatic heterocycles. The van der Waals surface area contributed by atoms with Gasteiger partial charge in [-0.2, -0.15) is 0 Å². The van der Waals surface area contributed by atoms with E-state index in [4.69, 9.17) is 11.6 Å². The number of halogens is 1. The summed E-state index contributed by atoms with van der Waals surface area (Å²) in [6.07, 6.45) is 1.04. The zero-order valence-corrected chi connectivity index (χ0v) is 10.8. The highest BCUT2D eigenvalue weighted by molar-refractivity contribution is 7.91. The second kappa shape index (κ2) is 4.78. The quantitative estimate of drug-likeness (QED) is 0.849. The highest BCUT2D eigenvalue weighted by Crippen LogP contribution is 2.25. The van der Waals surface area contributed by atoms with Gasteiger partial charge in [0.15, 0.2) is 9.84 Å². The molecular formula is C12H13ClO3S. The second-order valence-corrected chi connectivity index (χ2v) is 7.05. The van der Waals surface area contributed by atoms with Gasteiger partial charge in [-0.1, -0.05) is 23.7 Å². The van der Waals surface area contributed by atoms with Crippen LogP contribution in [0.2, 0.25) is 5.02 Å². The fourth-order valence-corrected chi connectivity index (χ4v) is 3.95. The zero-order valence-electron chi connectivity index (χ0n) is 9.23. The van der Waals surface area contributed by atoms with Crippen LogP contribution in [0.1, 0.15) is 24.8 Å². The summed E-state index contributed by atoms with van der Waals surface area (Å²) in [7, 11) is -3.22. The molecule has 1 aliphatic rings. The van der Waals surface area contributed by atoms with E-state index in [0.29, 0.717) is 23.4 Å². The Balaban J connectivity index is 2.12. The lowest BCUT2D eigenvalue weighted by molar-refractivity contribution is -0.117. The molecule has 0 bridgehead atoms. The molecule has 5 heteroatoms. The van der Waals surface area contributed by atoms with Crippen LogP contribution in [0.15, 0.2) is 24.3 Å². The SMILES string of the molecule is O=C1CCC(S(=O)(=O)Cc2ccc(Cl)cc2)C1. The van der Waals surface area contributed by atoms with Gasteiger partial charge in [0.05, 0.1) is 11.0 Å². The third-order valence-corrected chi connectivity index (χ3v) is 5.40. The van der Waals surface area contributed by atoms with Crippen molar-refractivity contribution in [3.8, 4) is 0 Å². The topological polar surface area (TPSA) is 51.2 Å². The standard InChI is InChI=1S/C12H13ClO3S/c13-10-3-1-9(2-4-10)8-17(15,16)12-6-5-11(14)7-12/h1-4,12H,5-8H2. The van der Waals surface area contributed by atoms with E-state index in [-0.39, 0.29) is 18.0 Å². The van der Waals surface area contributed by atoms with Crippen molar-refractivity contribution in [2.45, 2.75) is 30.3 Å². The van der Waals surface area contributed by atoms with Crippen LogP contribution in [0.4, 0.5) is 0 Å². The van der Waals surface area contributed by atoms with Gasteiger partial charge in [0.25, 0.3) is 0 Å². The summed E-state index contributed by atoms with van der Waals surface area (Å²) < 4.78 is 24.1. The van der Waals surface area contributed by atoms with E-state index in [2.05, 4.69) is 0 Å². The lowest BCUT2D eigenvalue weighted by Gasteiger charge is -2.10. The van der Waals surface area contributed by atoms with E-state index < -0.39 is 15.1 Å². The molecule has 0 amide bonds. The van der Waals surface area contributed by atoms with Gasteiger partial charge >= 0.3 is 0 Å². The smallest absolute Gasteiger partial charge is 0.157 e. The predicted molar refractivity (Wildman–Crippen MR) is 66.7 cm³/mol. The molecule has 2 rings (SSSR count). The van der Waals surface area contributed by atoms with Gasteiger partial charge in [0.1, 0.15) is 5.78 Å². The van der Waals surface area contributed by atoms with Gasteiger partial charge in [-0.15, -0.1) is 0 Å². The lowest BCUT2D eigenvalue weighted by Crippen LogP contribution is -2.20. The first-order valence-corrected chi connectivity index (χ1v) is 7.54. The molecule has 92 valence electrons. The first-order valence-electron chi connectivity index (χ1n) is 5.45. The Morgan fingerprint density at radius 3 is 2.41 bits per heavy atom. The zero-order chi connectivity index (χ0) is 12.5. The average Bonchev–Trinajstić information content (AvgIpc) is 2.69. The Morgan fingerprint density at radius 2 is 1.88 bits per heavy atom. The number of benzene rings is 1. The Hall–Kier alpha value is -0.870. The van der Waals surface area contributed by atoms with E-state index in [1.807, 2.05) is 0 Å². The van der Waals surface area contributed by atoms with E-state index in [0.717, 1.165) is 0 Å². The molecule has 1 fully saturated rings. The van der Waals surface area contributed by atoms with E-state index in [9.17, 15) is 13.2 Å². The summed E-state index contributed by atoms with van der Waals surface area (Å²) in [5, 5.41) is 0.0906. The minimum absolute atomic E-state index is 0.0118. The molecule has 0 N–H and O–H groups in total. The van der Waals surface area contributed by atoms with E-state index in [1.165, 1.54) is 0 Å². The van der Waals surface area contributed by atoms with Gasteiger partial charge in [-0.25, -0.2) is 8.42 Å². The molecule has 1 saturated carbocycles. The highest BCUT2D eigenvalue weighted by Gasteiger charge is 2.32. The first kappa shape index (κ1) is 12.6. The van der Waals surface area contributed by atoms with Gasteiger partial charge in [0, 0.05) is 17.9 Å². The van der Waals surface area contributed by atoms with Crippen LogP contribution in [0.3, 0.4) is 0 Å². The minimum Gasteiger partial charge on any atom is -0.300 e. The number of sulfone groups is 1. The van der Waals surface area contributed by atoms with Crippen LogP contribution in [-0.2, 0) is 20.4 Å². The molecule has 0 spiro atoms. The van der Waals surface area contributed by atoms with E-state index in [1.54, 1.807) is 24.3 Å². The summed E-state index contributed by atoms with van der Waals surface area (Å²) in [6.45, 7) is 0. The lowest BCUT2D eigenvalue weighted by atomic mass is 10.2. The summed E-state index contributed by atoms with van der Waals surface area (Å²) in [4.78, 5) is 11.1. The first-order chi connectivity index (χ1) is 7.97. The fraction of sp³-hybridized carbons (Fsp3) is 0.417. The fourth-order valence-electron chi connectivity index (χ4n) is 2.02. The molecule has 1 aromatic rings. The Morgan fingerprint density at radius 1 is 1.24 bits per heavy atom. The maximum Gasteiger partial charge on any atom is 0.157 e. The number of hydrogen-bond donors (Lipinski definition) is 0. The van der Waals surface area contributed by atoms with Crippen LogP contribution in [0.5, 0.6) is 0 Å². The summed E-state index contributed by atoms with van der Waals surface area (Å²) in [5.41, 5.74) is 0.716. The van der Waals surface area contributed by atoms with E-state index >= 15 is 0 Å². The molecule has 1 aromatic carbocycles. The van der Waals surface area contributed by atoms with Crippen molar-refractivity contribution in [2.75, 3.05) is 0 Å². The molecule has 0 saturated heterocycles. The van der Waals surface area contributed by atoms with Crippen molar-refractivity contribution in [1.82, 2.24) is 0 Å². The molecule has 1 atom stereocenters. The normalized spacial score (nSPS) is 20.8. The Bertz CT molecular complexity index is 519. The molecule has 0 aliphatic heterocycles. The number of carbonyl (C=O) groups is 1. The van der Waals surface area contributed by atoms with Gasteiger partial charge < -0.3 is 0 Å². The summed E-state index contributed by atoms with van der Waals surface area (Å²) >= 11 is 5.74. The number of Topliss-reactive ketones (excluding diaryl/α,β-unsaturated/α-hetero) is 1. The van der Waals surface area contributed by atoms with Crippen molar-refractivity contribution in [2.24, 2.45) is 0 Å². The molecule has 1 unspecified atom stereocenters. The van der Waals surface area contributed by atoms with Crippen molar-refractivity contribution >= 4 is 27.2 Å². The molecule has 0 heterocycles. The highest BCUT2D eigenvalue weighted by atomic mass is 35.5. The second-order valence-electron chi connectivity index (χ2n) is 4.34. The molecule has 1 aliphatic carbocycles. The van der Waals surface area contributed by atoms with Crippen molar-refractivity contribution in [1.29, 1.82) is 0 Å². The van der Waals surface area contributed by atoms with Crippen LogP contribution < -0.4 is 0 Å². The Kier molecular flexibility index (Phi) is 3.54. The molecular weight excluding hydrogens is 260 g/mol. The van der Waals surface area contributed by atoms with Gasteiger partial charge in [0.2, 0.25) is 0 Å². The maximum atomic E-state index is 12.0.